The molecule has 0 N–H and O–H groups in total. The Balaban J connectivity index is 2.01. The van der Waals surface area contributed by atoms with Gasteiger partial charge in [0, 0.05) is 37.2 Å². The summed E-state index contributed by atoms with van der Waals surface area (Å²) in [5, 5.41) is 0. The van der Waals surface area contributed by atoms with Crippen LogP contribution in [0.25, 0.3) is 0 Å². The molecule has 4 aliphatic rings. The fourth-order valence-corrected chi connectivity index (χ4v) is 8.17. The molecular weight excluding hydrogens is 460 g/mol. The van der Waals surface area contributed by atoms with E-state index >= 15 is 0 Å². The average molecular weight is 497 g/mol. The molecule has 0 aromatic carbocycles. The number of ketones is 4. The lowest BCUT2D eigenvalue weighted by Gasteiger charge is -2.67. The standard InChI is InChI=1S/C29H36O7/c1-15(30)9-10-17-18(32)13-19-27(17,5)22(34)14-20-28(19,6)25(36-16(2)31)23(35-8)24-26(3,4)12-11-21(33)29(20,24)7/h9-13,17,20,23-25H,14H2,1-8H3/b10-9-/t17-,20+,23-,24+,25-,27+,28+,29+/m1/s1. The quantitative estimate of drug-likeness (QED) is 0.433. The third-order valence-corrected chi connectivity index (χ3v) is 9.72. The monoisotopic (exact) mass is 496 g/mol. The fourth-order valence-electron chi connectivity index (χ4n) is 8.17. The summed E-state index contributed by atoms with van der Waals surface area (Å²) in [7, 11) is 1.55. The van der Waals surface area contributed by atoms with Crippen molar-refractivity contribution in [1.29, 1.82) is 0 Å². The molecule has 4 rings (SSSR count). The summed E-state index contributed by atoms with van der Waals surface area (Å²) in [5.74, 6) is -3.01. The molecule has 2 saturated carbocycles. The fraction of sp³-hybridized carbons (Fsp3) is 0.621. The molecule has 0 spiro atoms. The molecule has 0 aromatic rings. The number of carbonyl (C=O) groups excluding carboxylic acids is 5. The molecule has 0 bridgehead atoms. The Morgan fingerprint density at radius 2 is 1.67 bits per heavy atom. The summed E-state index contributed by atoms with van der Waals surface area (Å²) < 4.78 is 12.1. The minimum atomic E-state index is -1.22. The lowest BCUT2D eigenvalue weighted by atomic mass is 9.37. The second-order valence-corrected chi connectivity index (χ2v) is 12.1. The number of fused-ring (bicyclic) bond motifs is 5. The van der Waals surface area contributed by atoms with Crippen molar-refractivity contribution in [3.05, 3.63) is 36.0 Å². The van der Waals surface area contributed by atoms with E-state index in [0.717, 1.165) is 0 Å². The van der Waals surface area contributed by atoms with Crippen LogP contribution in [0.4, 0.5) is 0 Å². The third kappa shape index (κ3) is 3.24. The van der Waals surface area contributed by atoms with Crippen LogP contribution in [0.1, 0.15) is 54.9 Å². The Labute approximate surface area is 212 Å². The molecule has 0 saturated heterocycles. The summed E-state index contributed by atoms with van der Waals surface area (Å²) in [6.07, 6.45) is 6.34. The molecule has 0 amide bonds. The number of hydrogen-bond acceptors (Lipinski definition) is 7. The Kier molecular flexibility index (Phi) is 5.99. The van der Waals surface area contributed by atoms with Gasteiger partial charge in [-0.1, -0.05) is 39.8 Å². The third-order valence-electron chi connectivity index (χ3n) is 9.72. The van der Waals surface area contributed by atoms with Crippen LogP contribution in [0.3, 0.4) is 0 Å². The summed E-state index contributed by atoms with van der Waals surface area (Å²) in [6.45, 7) is 12.3. The van der Waals surface area contributed by atoms with Crippen molar-refractivity contribution in [3.63, 3.8) is 0 Å². The minimum Gasteiger partial charge on any atom is -0.459 e. The van der Waals surface area contributed by atoms with Crippen LogP contribution in [0.2, 0.25) is 0 Å². The summed E-state index contributed by atoms with van der Waals surface area (Å²) in [5.41, 5.74) is -3.20. The van der Waals surface area contributed by atoms with Crippen molar-refractivity contribution in [3.8, 4) is 0 Å². The lowest BCUT2D eigenvalue weighted by molar-refractivity contribution is -0.235. The van der Waals surface area contributed by atoms with Gasteiger partial charge in [-0.3, -0.25) is 24.0 Å². The van der Waals surface area contributed by atoms with E-state index in [2.05, 4.69) is 0 Å². The van der Waals surface area contributed by atoms with Crippen LogP contribution in [0, 0.1) is 39.4 Å². The van der Waals surface area contributed by atoms with Crippen molar-refractivity contribution in [2.24, 2.45) is 39.4 Å². The van der Waals surface area contributed by atoms with Crippen molar-refractivity contribution in [2.45, 2.75) is 67.1 Å². The number of allylic oxidation sites excluding steroid dienone is 5. The molecule has 0 aromatic heterocycles. The first-order valence-electron chi connectivity index (χ1n) is 12.5. The molecule has 7 nitrogen and oxygen atoms in total. The number of esters is 1. The highest BCUT2D eigenvalue weighted by Crippen LogP contribution is 2.71. The average Bonchev–Trinajstić information content (AvgIpc) is 3.04. The highest BCUT2D eigenvalue weighted by Gasteiger charge is 2.75. The van der Waals surface area contributed by atoms with Gasteiger partial charge >= 0.3 is 5.97 Å². The molecule has 8 atom stereocenters. The Morgan fingerprint density at radius 1 is 1.03 bits per heavy atom. The Hall–Kier alpha value is -2.67. The van der Waals surface area contributed by atoms with Crippen LogP contribution in [0.15, 0.2) is 36.0 Å². The maximum absolute atomic E-state index is 14.0. The Bertz CT molecular complexity index is 1160. The molecule has 7 heteroatoms. The minimum absolute atomic E-state index is 0.0406. The first kappa shape index (κ1) is 26.4. The second kappa shape index (κ2) is 8.17. The number of ether oxygens (including phenoxy) is 2. The molecule has 4 aliphatic carbocycles. The van der Waals surface area contributed by atoms with Gasteiger partial charge in [0.2, 0.25) is 0 Å². The van der Waals surface area contributed by atoms with E-state index in [0.29, 0.717) is 5.57 Å². The molecule has 2 fully saturated rings. The predicted molar refractivity (Wildman–Crippen MR) is 132 cm³/mol. The molecular formula is C29H36O7. The van der Waals surface area contributed by atoms with Gasteiger partial charge in [0.25, 0.3) is 0 Å². The van der Waals surface area contributed by atoms with Gasteiger partial charge in [-0.05, 0) is 49.0 Å². The molecule has 36 heavy (non-hydrogen) atoms. The van der Waals surface area contributed by atoms with Gasteiger partial charge in [0.05, 0.1) is 17.4 Å². The molecule has 0 aliphatic heterocycles. The SMILES string of the molecule is CO[C@H]1[C@@H](OC(C)=O)[C@@]2(C)C3=CC(=O)[C@@H](/C=C\C(C)=O)[C@]3(C)C(=O)C[C@@H]2[C@@]2(C)C(=O)C=CC(C)(C)[C@H]12. The number of Topliss-reactive ketones (excluding diaryl/α,β-unsaturated/α-hetero) is 1. The first-order valence-corrected chi connectivity index (χ1v) is 12.5. The zero-order valence-corrected chi connectivity index (χ0v) is 22.3. The van der Waals surface area contributed by atoms with Crippen LogP contribution >= 0.6 is 0 Å². The zero-order chi connectivity index (χ0) is 27.0. The zero-order valence-electron chi connectivity index (χ0n) is 22.3. The van der Waals surface area contributed by atoms with E-state index in [1.807, 2.05) is 33.8 Å². The van der Waals surface area contributed by atoms with E-state index in [4.69, 9.17) is 9.47 Å². The molecule has 0 unspecified atom stereocenters. The van der Waals surface area contributed by atoms with Crippen molar-refractivity contribution in [2.75, 3.05) is 7.11 Å². The van der Waals surface area contributed by atoms with E-state index in [9.17, 15) is 24.0 Å². The summed E-state index contributed by atoms with van der Waals surface area (Å²) >= 11 is 0. The Morgan fingerprint density at radius 3 is 2.22 bits per heavy atom. The maximum Gasteiger partial charge on any atom is 0.303 e. The van der Waals surface area contributed by atoms with Crippen LogP contribution in [0.5, 0.6) is 0 Å². The van der Waals surface area contributed by atoms with E-state index < -0.39 is 51.7 Å². The van der Waals surface area contributed by atoms with E-state index in [-0.39, 0.29) is 35.5 Å². The van der Waals surface area contributed by atoms with Crippen LogP contribution in [-0.4, -0.2) is 48.4 Å². The predicted octanol–water partition coefficient (Wildman–Crippen LogP) is 3.61. The number of rotatable bonds is 4. The van der Waals surface area contributed by atoms with Gasteiger partial charge in [0.15, 0.2) is 17.3 Å². The number of methoxy groups -OCH3 is 1. The van der Waals surface area contributed by atoms with Gasteiger partial charge in [0.1, 0.15) is 11.9 Å². The van der Waals surface area contributed by atoms with E-state index in [1.165, 1.54) is 32.1 Å². The molecule has 0 radical (unpaired) electrons. The second-order valence-electron chi connectivity index (χ2n) is 12.1. The smallest absolute Gasteiger partial charge is 0.303 e. The van der Waals surface area contributed by atoms with Gasteiger partial charge in [-0.25, -0.2) is 0 Å². The lowest BCUT2D eigenvalue weighted by Crippen LogP contribution is -2.72. The van der Waals surface area contributed by atoms with E-state index in [1.54, 1.807) is 20.1 Å². The largest absolute Gasteiger partial charge is 0.459 e. The number of carbonyl (C=O) groups is 5. The van der Waals surface area contributed by atoms with Crippen molar-refractivity contribution < 1.29 is 33.4 Å². The molecule has 194 valence electrons. The first-order chi connectivity index (χ1) is 16.6. The molecule has 0 heterocycles. The van der Waals surface area contributed by atoms with Crippen LogP contribution in [-0.2, 0) is 33.4 Å². The van der Waals surface area contributed by atoms with Crippen LogP contribution < -0.4 is 0 Å². The summed E-state index contributed by atoms with van der Waals surface area (Å²) in [6, 6.07) is 0. The number of hydrogen-bond donors (Lipinski definition) is 0. The van der Waals surface area contributed by atoms with Gasteiger partial charge in [-0.15, -0.1) is 0 Å². The maximum atomic E-state index is 14.0. The summed E-state index contributed by atoms with van der Waals surface area (Å²) in [4.78, 5) is 65.1. The van der Waals surface area contributed by atoms with Gasteiger partial charge < -0.3 is 9.47 Å². The topological polar surface area (TPSA) is 104 Å². The van der Waals surface area contributed by atoms with Crippen molar-refractivity contribution in [1.82, 2.24) is 0 Å². The highest BCUT2D eigenvalue weighted by atomic mass is 16.6. The highest BCUT2D eigenvalue weighted by molar-refractivity contribution is 6.08. The van der Waals surface area contributed by atoms with Gasteiger partial charge in [-0.2, -0.15) is 0 Å². The van der Waals surface area contributed by atoms with Crippen molar-refractivity contribution >= 4 is 29.1 Å². The normalized spacial score (nSPS) is 43.1.